The number of amides is 2. The summed E-state index contributed by atoms with van der Waals surface area (Å²) in [6.07, 6.45) is 0. The highest BCUT2D eigenvalue weighted by atomic mass is 32.2. The largest absolute Gasteiger partial charge is 0.340 e. The number of fused-ring (bicyclic) bond motifs is 1. The second-order valence-electron chi connectivity index (χ2n) is 8.94. The molecule has 1 heterocycles. The van der Waals surface area contributed by atoms with Crippen LogP contribution in [-0.4, -0.2) is 61.7 Å². The molecule has 3 aromatic carbocycles. The van der Waals surface area contributed by atoms with Crippen LogP contribution in [0.5, 0.6) is 0 Å². The molecule has 1 unspecified atom stereocenters. The molecule has 1 atom stereocenters. The first kappa shape index (κ1) is 24.8. The van der Waals surface area contributed by atoms with Crippen LogP contribution in [0.2, 0.25) is 0 Å². The summed E-state index contributed by atoms with van der Waals surface area (Å²) in [5.41, 5.74) is 0.260. The molecule has 184 valence electrons. The number of nitrogens with zero attached hydrogens (tertiary/aromatic N) is 2. The Morgan fingerprint density at radius 1 is 0.886 bits per heavy atom. The van der Waals surface area contributed by atoms with E-state index in [2.05, 4.69) is 5.32 Å². The van der Waals surface area contributed by atoms with Crippen LogP contribution in [0.1, 0.15) is 24.2 Å². The molecule has 0 radical (unpaired) electrons. The molecule has 0 saturated carbocycles. The Hall–Kier alpha value is -3.30. The Balaban J connectivity index is 1.42. The average molecular weight is 498 g/mol. The van der Waals surface area contributed by atoms with Crippen molar-refractivity contribution in [1.82, 2.24) is 14.5 Å². The first-order chi connectivity index (χ1) is 16.7. The maximum Gasteiger partial charge on any atom is 0.251 e. The van der Waals surface area contributed by atoms with Gasteiger partial charge in [-0.05, 0) is 53.1 Å². The molecule has 9 heteroatoms. The quantitative estimate of drug-likeness (QED) is 0.566. The number of halogens is 1. The number of carbonyl (C=O) groups excluding carboxylic acids is 2. The fraction of sp³-hybridized carbons (Fsp3) is 0.308. The summed E-state index contributed by atoms with van der Waals surface area (Å²) in [7, 11) is -3.70. The van der Waals surface area contributed by atoms with Gasteiger partial charge < -0.3 is 10.2 Å². The van der Waals surface area contributed by atoms with E-state index in [9.17, 15) is 22.4 Å². The Kier molecular flexibility index (Phi) is 7.18. The van der Waals surface area contributed by atoms with Crippen LogP contribution in [0.3, 0.4) is 0 Å². The van der Waals surface area contributed by atoms with Crippen molar-refractivity contribution >= 4 is 32.6 Å². The minimum atomic E-state index is -3.70. The molecule has 0 spiro atoms. The van der Waals surface area contributed by atoms with Crippen LogP contribution >= 0.6 is 0 Å². The highest BCUT2D eigenvalue weighted by Gasteiger charge is 2.34. The fourth-order valence-electron chi connectivity index (χ4n) is 4.16. The molecule has 1 fully saturated rings. The van der Waals surface area contributed by atoms with Gasteiger partial charge >= 0.3 is 0 Å². The van der Waals surface area contributed by atoms with E-state index in [1.54, 1.807) is 23.1 Å². The minimum Gasteiger partial charge on any atom is -0.340 e. The van der Waals surface area contributed by atoms with E-state index in [0.29, 0.717) is 0 Å². The zero-order valence-electron chi connectivity index (χ0n) is 19.6. The van der Waals surface area contributed by atoms with Crippen molar-refractivity contribution in [2.45, 2.75) is 24.8 Å². The van der Waals surface area contributed by atoms with Gasteiger partial charge in [-0.1, -0.05) is 44.2 Å². The van der Waals surface area contributed by atoms with E-state index in [0.717, 1.165) is 10.8 Å². The SMILES string of the molecule is CC(C)C(NC(=O)c1ccc(F)cc1)C(=O)N1CCN(S(=O)(=O)c2ccc3ccccc3c2)CC1. The van der Waals surface area contributed by atoms with Gasteiger partial charge in [0.2, 0.25) is 15.9 Å². The first-order valence-corrected chi connectivity index (χ1v) is 12.9. The molecule has 1 saturated heterocycles. The number of hydrogen-bond acceptors (Lipinski definition) is 4. The van der Waals surface area contributed by atoms with E-state index < -0.39 is 27.8 Å². The van der Waals surface area contributed by atoms with Crippen molar-refractivity contribution in [3.05, 3.63) is 78.1 Å². The molecule has 35 heavy (non-hydrogen) atoms. The lowest BCUT2D eigenvalue weighted by atomic mass is 10.0. The van der Waals surface area contributed by atoms with Crippen LogP contribution in [0, 0.1) is 11.7 Å². The molecular weight excluding hydrogens is 469 g/mol. The molecule has 0 aliphatic carbocycles. The summed E-state index contributed by atoms with van der Waals surface area (Å²) in [6, 6.07) is 17.0. The summed E-state index contributed by atoms with van der Waals surface area (Å²) in [4.78, 5) is 27.6. The van der Waals surface area contributed by atoms with Crippen molar-refractivity contribution in [2.75, 3.05) is 26.2 Å². The highest BCUT2D eigenvalue weighted by molar-refractivity contribution is 7.89. The number of sulfonamides is 1. The third-order valence-electron chi connectivity index (χ3n) is 6.23. The maximum absolute atomic E-state index is 13.2. The number of carbonyl (C=O) groups is 2. The van der Waals surface area contributed by atoms with Gasteiger partial charge in [-0.2, -0.15) is 4.31 Å². The van der Waals surface area contributed by atoms with Gasteiger partial charge in [0.05, 0.1) is 4.90 Å². The van der Waals surface area contributed by atoms with Crippen molar-refractivity contribution in [3.63, 3.8) is 0 Å². The normalized spacial score (nSPS) is 15.8. The Bertz CT molecular complexity index is 1330. The molecule has 1 N–H and O–H groups in total. The number of benzene rings is 3. The molecular formula is C26H28FN3O4S. The van der Waals surface area contributed by atoms with Gasteiger partial charge in [0, 0.05) is 31.7 Å². The van der Waals surface area contributed by atoms with Crippen LogP contribution in [0.4, 0.5) is 4.39 Å². The van der Waals surface area contributed by atoms with Crippen LogP contribution in [-0.2, 0) is 14.8 Å². The van der Waals surface area contributed by atoms with Crippen LogP contribution < -0.4 is 5.32 Å². The average Bonchev–Trinajstić information content (AvgIpc) is 2.86. The molecule has 1 aliphatic rings. The lowest BCUT2D eigenvalue weighted by molar-refractivity contribution is -0.135. The van der Waals surface area contributed by atoms with E-state index in [1.165, 1.54) is 28.6 Å². The lowest BCUT2D eigenvalue weighted by Gasteiger charge is -2.36. The number of nitrogens with one attached hydrogen (secondary N) is 1. The topological polar surface area (TPSA) is 86.8 Å². The van der Waals surface area contributed by atoms with Gasteiger partial charge in [-0.3, -0.25) is 9.59 Å². The smallest absolute Gasteiger partial charge is 0.251 e. The summed E-state index contributed by atoms with van der Waals surface area (Å²) >= 11 is 0. The zero-order valence-corrected chi connectivity index (χ0v) is 20.5. The molecule has 7 nitrogen and oxygen atoms in total. The summed E-state index contributed by atoms with van der Waals surface area (Å²) in [5, 5.41) is 4.56. The third kappa shape index (κ3) is 5.36. The van der Waals surface area contributed by atoms with Gasteiger partial charge in [-0.15, -0.1) is 0 Å². The third-order valence-corrected chi connectivity index (χ3v) is 8.13. The standard InChI is InChI=1S/C26H28FN3O4S/c1-18(2)24(28-25(31)20-7-10-22(27)11-8-20)26(32)29-13-15-30(16-14-29)35(33,34)23-12-9-19-5-3-4-6-21(19)17-23/h3-12,17-18,24H,13-16H2,1-2H3,(H,28,31). The predicted octanol–water partition coefficient (Wildman–Crippen LogP) is 3.27. The number of piperazine rings is 1. The predicted molar refractivity (Wildman–Crippen MR) is 132 cm³/mol. The fourth-order valence-corrected chi connectivity index (χ4v) is 5.62. The molecule has 0 bridgehead atoms. The Morgan fingerprint density at radius 2 is 1.51 bits per heavy atom. The number of hydrogen-bond donors (Lipinski definition) is 1. The molecule has 0 aromatic heterocycles. The van der Waals surface area contributed by atoms with E-state index in [-0.39, 0.29) is 48.5 Å². The van der Waals surface area contributed by atoms with Gasteiger partial charge in [0.25, 0.3) is 5.91 Å². The van der Waals surface area contributed by atoms with E-state index in [4.69, 9.17) is 0 Å². The molecule has 4 rings (SSSR count). The summed E-state index contributed by atoms with van der Waals surface area (Å²) in [5.74, 6) is -1.37. The van der Waals surface area contributed by atoms with Gasteiger partial charge in [0.15, 0.2) is 0 Å². The Labute approximate surface area is 204 Å². The summed E-state index contributed by atoms with van der Waals surface area (Å²) < 4.78 is 41.0. The van der Waals surface area contributed by atoms with Crippen molar-refractivity contribution in [2.24, 2.45) is 5.92 Å². The highest BCUT2D eigenvalue weighted by Crippen LogP contribution is 2.23. The Morgan fingerprint density at radius 3 is 2.14 bits per heavy atom. The maximum atomic E-state index is 13.2. The van der Waals surface area contributed by atoms with Crippen molar-refractivity contribution in [3.8, 4) is 0 Å². The first-order valence-electron chi connectivity index (χ1n) is 11.5. The second kappa shape index (κ2) is 10.1. The zero-order chi connectivity index (χ0) is 25.2. The van der Waals surface area contributed by atoms with Crippen molar-refractivity contribution in [1.29, 1.82) is 0 Å². The van der Waals surface area contributed by atoms with Gasteiger partial charge in [0.1, 0.15) is 11.9 Å². The second-order valence-corrected chi connectivity index (χ2v) is 10.9. The minimum absolute atomic E-state index is 0.164. The van der Waals surface area contributed by atoms with Crippen molar-refractivity contribution < 1.29 is 22.4 Å². The lowest BCUT2D eigenvalue weighted by Crippen LogP contribution is -2.57. The molecule has 3 aromatic rings. The van der Waals surface area contributed by atoms with Crippen LogP contribution in [0.25, 0.3) is 10.8 Å². The van der Waals surface area contributed by atoms with Gasteiger partial charge in [-0.25, -0.2) is 12.8 Å². The monoisotopic (exact) mass is 497 g/mol. The molecule has 1 aliphatic heterocycles. The van der Waals surface area contributed by atoms with Crippen LogP contribution in [0.15, 0.2) is 71.6 Å². The number of rotatable bonds is 6. The molecule has 2 amide bonds. The summed E-state index contributed by atoms with van der Waals surface area (Å²) in [6.45, 7) is 4.43. The van der Waals surface area contributed by atoms with E-state index in [1.807, 2.05) is 38.1 Å². The van der Waals surface area contributed by atoms with E-state index >= 15 is 0 Å².